The summed E-state index contributed by atoms with van der Waals surface area (Å²) in [7, 11) is 3.17. The Labute approximate surface area is 130 Å². The highest BCUT2D eigenvalue weighted by molar-refractivity contribution is 5.85. The standard InChI is InChI=1S/C16H22N2O4/c1-21-13-6-4-12(10-14(13)22-2)5-7-16(20)18-9-3-8-17-15(19)11-18/h4,6,10H,3,5,7-9,11H2,1-2H3,(H,17,19). The molecule has 0 aliphatic carbocycles. The van der Waals surface area contributed by atoms with Gasteiger partial charge >= 0.3 is 0 Å². The van der Waals surface area contributed by atoms with Gasteiger partial charge in [-0.1, -0.05) is 6.07 Å². The molecule has 1 saturated heterocycles. The molecule has 1 aliphatic heterocycles. The van der Waals surface area contributed by atoms with Crippen molar-refractivity contribution < 1.29 is 19.1 Å². The van der Waals surface area contributed by atoms with Crippen LogP contribution in [0, 0.1) is 0 Å². The fourth-order valence-electron chi connectivity index (χ4n) is 2.46. The van der Waals surface area contributed by atoms with Crippen molar-refractivity contribution in [2.24, 2.45) is 0 Å². The van der Waals surface area contributed by atoms with Crippen LogP contribution in [0.4, 0.5) is 0 Å². The first-order chi connectivity index (χ1) is 10.6. The Bertz CT molecular complexity index is 545. The van der Waals surface area contributed by atoms with Gasteiger partial charge in [0.2, 0.25) is 11.8 Å². The Hall–Kier alpha value is -2.24. The fourth-order valence-corrected chi connectivity index (χ4v) is 2.46. The summed E-state index contributed by atoms with van der Waals surface area (Å²) in [5, 5.41) is 2.77. The third-order valence-corrected chi connectivity index (χ3v) is 3.69. The molecule has 0 radical (unpaired) electrons. The Morgan fingerprint density at radius 3 is 2.77 bits per heavy atom. The van der Waals surface area contributed by atoms with Crippen LogP contribution in [0.15, 0.2) is 18.2 Å². The van der Waals surface area contributed by atoms with Crippen LogP contribution in [0.1, 0.15) is 18.4 Å². The first kappa shape index (κ1) is 16.1. The highest BCUT2D eigenvalue weighted by Crippen LogP contribution is 2.28. The lowest BCUT2D eigenvalue weighted by Crippen LogP contribution is -2.37. The zero-order chi connectivity index (χ0) is 15.9. The molecule has 1 N–H and O–H groups in total. The summed E-state index contributed by atoms with van der Waals surface area (Å²) >= 11 is 0. The predicted molar refractivity (Wildman–Crippen MR) is 82.1 cm³/mol. The molecule has 22 heavy (non-hydrogen) atoms. The summed E-state index contributed by atoms with van der Waals surface area (Å²) in [6.45, 7) is 1.42. The van der Waals surface area contributed by atoms with Gasteiger partial charge in [-0.3, -0.25) is 9.59 Å². The van der Waals surface area contributed by atoms with E-state index >= 15 is 0 Å². The van der Waals surface area contributed by atoms with Gasteiger partial charge in [-0.25, -0.2) is 0 Å². The predicted octanol–water partition coefficient (Wildman–Crippen LogP) is 0.985. The van der Waals surface area contributed by atoms with Gasteiger partial charge in [0.1, 0.15) is 0 Å². The molecule has 0 saturated carbocycles. The summed E-state index contributed by atoms with van der Waals surface area (Å²) in [5.41, 5.74) is 1.00. The van der Waals surface area contributed by atoms with Crippen molar-refractivity contribution in [1.82, 2.24) is 10.2 Å². The molecule has 1 heterocycles. The minimum Gasteiger partial charge on any atom is -0.493 e. The van der Waals surface area contributed by atoms with Crippen molar-refractivity contribution in [2.75, 3.05) is 33.9 Å². The summed E-state index contributed by atoms with van der Waals surface area (Å²) < 4.78 is 10.5. The second kappa shape index (κ2) is 7.68. The lowest BCUT2D eigenvalue weighted by atomic mass is 10.1. The van der Waals surface area contributed by atoms with E-state index in [1.807, 2.05) is 18.2 Å². The van der Waals surface area contributed by atoms with Gasteiger partial charge in [-0.15, -0.1) is 0 Å². The van der Waals surface area contributed by atoms with E-state index < -0.39 is 0 Å². The normalized spacial score (nSPS) is 15.0. The highest BCUT2D eigenvalue weighted by Gasteiger charge is 2.19. The van der Waals surface area contributed by atoms with Crippen LogP contribution in [-0.4, -0.2) is 50.6 Å². The summed E-state index contributed by atoms with van der Waals surface area (Å²) in [5.74, 6) is 1.24. The number of hydrogen-bond acceptors (Lipinski definition) is 4. The zero-order valence-corrected chi connectivity index (χ0v) is 13.1. The molecule has 2 amide bonds. The molecule has 120 valence electrons. The van der Waals surface area contributed by atoms with Crippen LogP contribution in [0.5, 0.6) is 11.5 Å². The number of benzene rings is 1. The van der Waals surface area contributed by atoms with Gasteiger partial charge in [-0.05, 0) is 30.5 Å². The first-order valence-corrected chi connectivity index (χ1v) is 7.39. The number of carbonyl (C=O) groups excluding carboxylic acids is 2. The maximum Gasteiger partial charge on any atom is 0.239 e. The molecule has 0 spiro atoms. The van der Waals surface area contributed by atoms with Crippen LogP contribution in [0.2, 0.25) is 0 Å². The van der Waals surface area contributed by atoms with Gasteiger partial charge in [0.15, 0.2) is 11.5 Å². The molecule has 6 heteroatoms. The molecule has 2 rings (SSSR count). The maximum atomic E-state index is 12.2. The molecule has 0 unspecified atom stereocenters. The molecular weight excluding hydrogens is 284 g/mol. The molecule has 0 bridgehead atoms. The largest absolute Gasteiger partial charge is 0.493 e. The summed E-state index contributed by atoms with van der Waals surface area (Å²) in [4.78, 5) is 25.4. The number of hydrogen-bond donors (Lipinski definition) is 1. The van der Waals surface area contributed by atoms with E-state index in [9.17, 15) is 9.59 Å². The molecule has 0 aromatic heterocycles. The van der Waals surface area contributed by atoms with E-state index in [0.717, 1.165) is 12.0 Å². The van der Waals surface area contributed by atoms with Crippen molar-refractivity contribution in [3.63, 3.8) is 0 Å². The highest BCUT2D eigenvalue weighted by atomic mass is 16.5. The van der Waals surface area contributed by atoms with Gasteiger partial charge < -0.3 is 19.7 Å². The zero-order valence-electron chi connectivity index (χ0n) is 13.1. The third-order valence-electron chi connectivity index (χ3n) is 3.69. The number of aryl methyl sites for hydroxylation is 1. The van der Waals surface area contributed by atoms with E-state index in [4.69, 9.17) is 9.47 Å². The van der Waals surface area contributed by atoms with E-state index in [-0.39, 0.29) is 18.4 Å². The van der Waals surface area contributed by atoms with Crippen LogP contribution in [0.3, 0.4) is 0 Å². The number of rotatable bonds is 5. The number of nitrogens with zero attached hydrogens (tertiary/aromatic N) is 1. The molecule has 1 aliphatic rings. The smallest absolute Gasteiger partial charge is 0.239 e. The lowest BCUT2D eigenvalue weighted by molar-refractivity contribution is -0.135. The monoisotopic (exact) mass is 306 g/mol. The Morgan fingerprint density at radius 1 is 1.27 bits per heavy atom. The number of ether oxygens (including phenoxy) is 2. The molecule has 1 aromatic rings. The average molecular weight is 306 g/mol. The number of amides is 2. The fraction of sp³-hybridized carbons (Fsp3) is 0.500. The van der Waals surface area contributed by atoms with E-state index in [0.29, 0.717) is 37.4 Å². The van der Waals surface area contributed by atoms with Crippen molar-refractivity contribution in [3.05, 3.63) is 23.8 Å². The SMILES string of the molecule is COc1ccc(CCC(=O)N2CCCNC(=O)C2)cc1OC. The van der Waals surface area contributed by atoms with Crippen molar-refractivity contribution >= 4 is 11.8 Å². The molecule has 1 fully saturated rings. The molecule has 1 aromatic carbocycles. The Kier molecular flexibility index (Phi) is 5.63. The lowest BCUT2D eigenvalue weighted by Gasteiger charge is -2.19. The van der Waals surface area contributed by atoms with Crippen LogP contribution in [0.25, 0.3) is 0 Å². The third kappa shape index (κ3) is 4.13. The minimum atomic E-state index is -0.0861. The van der Waals surface area contributed by atoms with Gasteiger partial charge in [0.25, 0.3) is 0 Å². The van der Waals surface area contributed by atoms with Crippen LogP contribution >= 0.6 is 0 Å². The average Bonchev–Trinajstić information content (AvgIpc) is 2.76. The Morgan fingerprint density at radius 2 is 2.05 bits per heavy atom. The molecular formula is C16H22N2O4. The van der Waals surface area contributed by atoms with Gasteiger partial charge in [0.05, 0.1) is 20.8 Å². The second-order valence-corrected chi connectivity index (χ2v) is 5.21. The quantitative estimate of drug-likeness (QED) is 0.881. The topological polar surface area (TPSA) is 67.9 Å². The number of nitrogens with one attached hydrogen (secondary N) is 1. The van der Waals surface area contributed by atoms with E-state index in [1.54, 1.807) is 19.1 Å². The van der Waals surface area contributed by atoms with E-state index in [2.05, 4.69) is 5.32 Å². The minimum absolute atomic E-state index is 0.00633. The number of methoxy groups -OCH3 is 2. The summed E-state index contributed by atoms with van der Waals surface area (Å²) in [6.07, 6.45) is 1.79. The molecule has 0 atom stereocenters. The van der Waals surface area contributed by atoms with Crippen LogP contribution < -0.4 is 14.8 Å². The van der Waals surface area contributed by atoms with Crippen molar-refractivity contribution in [2.45, 2.75) is 19.3 Å². The van der Waals surface area contributed by atoms with Gasteiger partial charge in [-0.2, -0.15) is 0 Å². The molecule has 6 nitrogen and oxygen atoms in total. The second-order valence-electron chi connectivity index (χ2n) is 5.21. The van der Waals surface area contributed by atoms with E-state index in [1.165, 1.54) is 0 Å². The van der Waals surface area contributed by atoms with Crippen LogP contribution in [-0.2, 0) is 16.0 Å². The maximum absolute atomic E-state index is 12.2. The van der Waals surface area contributed by atoms with Gasteiger partial charge in [0, 0.05) is 19.5 Å². The van der Waals surface area contributed by atoms with Crippen molar-refractivity contribution in [3.8, 4) is 11.5 Å². The number of carbonyl (C=O) groups is 2. The first-order valence-electron chi connectivity index (χ1n) is 7.39. The summed E-state index contributed by atoms with van der Waals surface area (Å²) in [6, 6.07) is 5.63. The Balaban J connectivity index is 1.94. The van der Waals surface area contributed by atoms with Crippen molar-refractivity contribution in [1.29, 1.82) is 0 Å².